The van der Waals surface area contributed by atoms with Crippen molar-refractivity contribution in [1.29, 1.82) is 5.26 Å². The molecular formula is C17H9F5N6O. The largest absolute Gasteiger partial charge is 0.451 e. The zero-order valence-electron chi connectivity index (χ0n) is 14.1. The Bertz CT molecular complexity index is 1070. The van der Waals surface area contributed by atoms with Crippen molar-refractivity contribution in [2.45, 2.75) is 6.18 Å². The lowest BCUT2D eigenvalue weighted by Crippen LogP contribution is -2.07. The van der Waals surface area contributed by atoms with Crippen molar-refractivity contribution < 1.29 is 26.7 Å². The maximum absolute atomic E-state index is 13.9. The van der Waals surface area contributed by atoms with Gasteiger partial charge < -0.3 is 10.1 Å². The average molecular weight is 408 g/mol. The first kappa shape index (κ1) is 19.7. The molecule has 1 heterocycles. The number of allylic oxidation sites excluding steroid dienone is 1. The molecule has 148 valence electrons. The highest BCUT2D eigenvalue weighted by Gasteiger charge is 2.33. The molecule has 0 unspecified atom stereocenters. The van der Waals surface area contributed by atoms with Crippen LogP contribution in [0.1, 0.15) is 11.4 Å². The number of H-pyrrole nitrogens is 1. The van der Waals surface area contributed by atoms with Gasteiger partial charge in [-0.25, -0.2) is 8.78 Å². The highest BCUT2D eigenvalue weighted by Crippen LogP contribution is 2.35. The van der Waals surface area contributed by atoms with E-state index < -0.39 is 29.1 Å². The zero-order valence-corrected chi connectivity index (χ0v) is 14.1. The number of ether oxygens (including phenoxy) is 1. The molecule has 7 nitrogen and oxygen atoms in total. The Kier molecular flexibility index (Phi) is 5.40. The van der Waals surface area contributed by atoms with Crippen LogP contribution >= 0.6 is 0 Å². The Hall–Kier alpha value is -4.01. The van der Waals surface area contributed by atoms with Crippen LogP contribution in [-0.2, 0) is 6.18 Å². The van der Waals surface area contributed by atoms with Crippen LogP contribution in [0.2, 0.25) is 0 Å². The van der Waals surface area contributed by atoms with Crippen LogP contribution in [0, 0.1) is 23.0 Å². The molecule has 0 atom stereocenters. The molecule has 0 saturated carbocycles. The Morgan fingerprint density at radius 1 is 1.17 bits per heavy atom. The van der Waals surface area contributed by atoms with Crippen molar-refractivity contribution in [3.05, 3.63) is 65.6 Å². The summed E-state index contributed by atoms with van der Waals surface area (Å²) in [5, 5.41) is 24.7. The molecule has 3 rings (SSSR count). The second-order valence-corrected chi connectivity index (χ2v) is 5.45. The van der Waals surface area contributed by atoms with Crippen LogP contribution in [0.4, 0.5) is 27.6 Å². The molecule has 0 amide bonds. The first-order valence-corrected chi connectivity index (χ1v) is 7.72. The van der Waals surface area contributed by atoms with Crippen LogP contribution < -0.4 is 10.1 Å². The number of aromatic nitrogens is 4. The highest BCUT2D eigenvalue weighted by atomic mass is 19.4. The van der Waals surface area contributed by atoms with E-state index in [2.05, 4.69) is 25.9 Å². The summed E-state index contributed by atoms with van der Waals surface area (Å²) in [7, 11) is 0. The van der Waals surface area contributed by atoms with Gasteiger partial charge in [0.1, 0.15) is 17.4 Å². The van der Waals surface area contributed by atoms with Gasteiger partial charge in [-0.3, -0.25) is 0 Å². The van der Waals surface area contributed by atoms with E-state index in [0.29, 0.717) is 5.69 Å². The Balaban J connectivity index is 1.81. The maximum atomic E-state index is 13.9. The van der Waals surface area contributed by atoms with Crippen molar-refractivity contribution in [2.75, 3.05) is 5.32 Å². The Morgan fingerprint density at radius 2 is 1.90 bits per heavy atom. The lowest BCUT2D eigenvalue weighted by molar-refractivity contribution is -0.138. The quantitative estimate of drug-likeness (QED) is 0.483. The van der Waals surface area contributed by atoms with Gasteiger partial charge in [0.05, 0.1) is 5.56 Å². The molecule has 0 aliphatic carbocycles. The molecular weight excluding hydrogens is 399 g/mol. The second kappa shape index (κ2) is 7.93. The van der Waals surface area contributed by atoms with E-state index in [-0.39, 0.29) is 29.3 Å². The molecule has 0 aliphatic heterocycles. The standard InChI is InChI=1S/C17H9F5N6O/c18-13-4-10(17(20,21)22)5-14(19)15(13)29-12-3-1-2-11(6-12)24-8-9(7-23)16-25-27-28-26-16/h1-6,8,24H,(H,25,26,27,28). The van der Waals surface area contributed by atoms with Crippen LogP contribution in [0.3, 0.4) is 0 Å². The van der Waals surface area contributed by atoms with Gasteiger partial charge in [-0.2, -0.15) is 23.6 Å². The number of anilines is 1. The molecule has 12 heteroatoms. The van der Waals surface area contributed by atoms with Crippen LogP contribution in [0.25, 0.3) is 5.57 Å². The van der Waals surface area contributed by atoms with Gasteiger partial charge in [-0.15, -0.1) is 10.2 Å². The van der Waals surface area contributed by atoms with Crippen molar-refractivity contribution >= 4 is 11.3 Å². The topological polar surface area (TPSA) is 99.5 Å². The van der Waals surface area contributed by atoms with E-state index in [4.69, 9.17) is 10.00 Å². The van der Waals surface area contributed by atoms with E-state index in [1.807, 2.05) is 6.07 Å². The van der Waals surface area contributed by atoms with Crippen molar-refractivity contribution in [1.82, 2.24) is 20.6 Å². The number of aromatic amines is 1. The molecule has 0 fully saturated rings. The number of alkyl halides is 3. The lowest BCUT2D eigenvalue weighted by atomic mass is 10.2. The highest BCUT2D eigenvalue weighted by molar-refractivity contribution is 5.74. The normalized spacial score (nSPS) is 11.8. The smallest absolute Gasteiger partial charge is 0.416 e. The molecule has 1 aromatic heterocycles. The maximum Gasteiger partial charge on any atom is 0.416 e. The fourth-order valence-corrected chi connectivity index (χ4v) is 2.17. The summed E-state index contributed by atoms with van der Waals surface area (Å²) in [5.74, 6) is -3.99. The van der Waals surface area contributed by atoms with Gasteiger partial charge in [0.25, 0.3) is 0 Å². The van der Waals surface area contributed by atoms with Crippen molar-refractivity contribution in [2.24, 2.45) is 0 Å². The predicted octanol–water partition coefficient (Wildman–Crippen LogP) is 4.27. The minimum Gasteiger partial charge on any atom is -0.451 e. The number of hydrogen-bond acceptors (Lipinski definition) is 6. The molecule has 3 aromatic rings. The van der Waals surface area contributed by atoms with Crippen LogP contribution in [-0.4, -0.2) is 20.6 Å². The second-order valence-electron chi connectivity index (χ2n) is 5.45. The van der Waals surface area contributed by atoms with Gasteiger partial charge in [0, 0.05) is 18.0 Å². The van der Waals surface area contributed by atoms with E-state index in [0.717, 1.165) is 0 Å². The molecule has 0 bridgehead atoms. The molecule has 2 aromatic carbocycles. The number of halogens is 5. The van der Waals surface area contributed by atoms with E-state index >= 15 is 0 Å². The van der Waals surface area contributed by atoms with Gasteiger partial charge in [0.2, 0.25) is 5.82 Å². The van der Waals surface area contributed by atoms with E-state index in [1.54, 1.807) is 6.07 Å². The van der Waals surface area contributed by atoms with E-state index in [9.17, 15) is 22.0 Å². The van der Waals surface area contributed by atoms with Crippen molar-refractivity contribution in [3.63, 3.8) is 0 Å². The molecule has 0 aliphatic rings. The predicted molar refractivity (Wildman–Crippen MR) is 89.3 cm³/mol. The zero-order chi connectivity index (χ0) is 21.0. The molecule has 29 heavy (non-hydrogen) atoms. The number of tetrazole rings is 1. The van der Waals surface area contributed by atoms with Crippen LogP contribution in [0.15, 0.2) is 42.6 Å². The molecule has 0 radical (unpaired) electrons. The Labute approximate surface area is 159 Å². The van der Waals surface area contributed by atoms with Gasteiger partial charge >= 0.3 is 6.18 Å². The third-order valence-corrected chi connectivity index (χ3v) is 3.47. The average Bonchev–Trinajstić information content (AvgIpc) is 3.19. The summed E-state index contributed by atoms with van der Waals surface area (Å²) in [4.78, 5) is 0. The van der Waals surface area contributed by atoms with Crippen LogP contribution in [0.5, 0.6) is 11.5 Å². The minimum atomic E-state index is -4.90. The third kappa shape index (κ3) is 4.64. The summed E-state index contributed by atoms with van der Waals surface area (Å²) in [6.07, 6.45) is -3.63. The lowest BCUT2D eigenvalue weighted by Gasteiger charge is -2.12. The third-order valence-electron chi connectivity index (χ3n) is 3.47. The van der Waals surface area contributed by atoms with Crippen molar-refractivity contribution in [3.8, 4) is 17.6 Å². The summed E-state index contributed by atoms with van der Waals surface area (Å²) >= 11 is 0. The Morgan fingerprint density at radius 3 is 2.48 bits per heavy atom. The fraction of sp³-hybridized carbons (Fsp3) is 0.0588. The first-order valence-electron chi connectivity index (χ1n) is 7.72. The number of nitriles is 1. The van der Waals surface area contributed by atoms with Gasteiger partial charge in [-0.05, 0) is 29.5 Å². The summed E-state index contributed by atoms with van der Waals surface area (Å²) in [6, 6.07) is 7.82. The monoisotopic (exact) mass is 408 g/mol. The fourth-order valence-electron chi connectivity index (χ4n) is 2.17. The number of hydrogen-bond donors (Lipinski definition) is 2. The van der Waals surface area contributed by atoms with Gasteiger partial charge in [-0.1, -0.05) is 6.07 Å². The SMILES string of the molecule is N#CC(=CNc1cccc(Oc2c(F)cc(C(F)(F)F)cc2F)c1)c1nn[nH]n1. The molecule has 0 saturated heterocycles. The molecule has 2 N–H and O–H groups in total. The summed E-state index contributed by atoms with van der Waals surface area (Å²) in [6.45, 7) is 0. The number of nitrogens with one attached hydrogen (secondary N) is 2. The van der Waals surface area contributed by atoms with Gasteiger partial charge in [0.15, 0.2) is 17.4 Å². The summed E-state index contributed by atoms with van der Waals surface area (Å²) < 4.78 is 70.8. The summed E-state index contributed by atoms with van der Waals surface area (Å²) in [5.41, 5.74) is -1.07. The number of benzene rings is 2. The minimum absolute atomic E-state index is 0.0429. The van der Waals surface area contributed by atoms with E-state index in [1.165, 1.54) is 24.4 Å². The first-order chi connectivity index (χ1) is 13.8. The number of rotatable bonds is 5. The molecule has 0 spiro atoms. The number of nitrogens with zero attached hydrogens (tertiary/aromatic N) is 4.